The molecule has 0 fully saturated rings. The highest BCUT2D eigenvalue weighted by Crippen LogP contribution is 2.18. The summed E-state index contributed by atoms with van der Waals surface area (Å²) in [5.74, 6) is -0.745. The lowest BCUT2D eigenvalue weighted by Crippen LogP contribution is -2.25. The fraction of sp³-hybridized carbons (Fsp3) is 0.316. The molecule has 0 saturated heterocycles. The Hall–Kier alpha value is -3.09. The van der Waals surface area contributed by atoms with Crippen molar-refractivity contribution in [2.45, 2.75) is 26.7 Å². The largest absolute Gasteiger partial charge is 0.466 e. The topological polar surface area (TPSA) is 97.6 Å². The Morgan fingerprint density at radius 3 is 2.65 bits per heavy atom. The number of esters is 1. The lowest BCUT2D eigenvalue weighted by molar-refractivity contribution is -0.143. The van der Waals surface area contributed by atoms with Gasteiger partial charge in [-0.2, -0.15) is 0 Å². The summed E-state index contributed by atoms with van der Waals surface area (Å²) in [5.41, 5.74) is 1.77. The Balaban J connectivity index is 1.92. The summed E-state index contributed by atoms with van der Waals surface area (Å²) in [6.45, 7) is 4.29. The van der Waals surface area contributed by atoms with Gasteiger partial charge in [-0.1, -0.05) is 6.07 Å². The number of anilines is 1. The van der Waals surface area contributed by atoms with E-state index in [1.807, 2.05) is 6.92 Å². The number of rotatable bonds is 8. The molecule has 1 heterocycles. The molecule has 7 heteroatoms. The van der Waals surface area contributed by atoms with Crippen LogP contribution in [0.4, 0.5) is 5.69 Å². The number of furan rings is 1. The monoisotopic (exact) mass is 358 g/mol. The maximum atomic E-state index is 12.2. The van der Waals surface area contributed by atoms with Gasteiger partial charge in [0.2, 0.25) is 0 Å². The van der Waals surface area contributed by atoms with Crippen molar-refractivity contribution in [3.8, 4) is 0 Å². The van der Waals surface area contributed by atoms with Crippen molar-refractivity contribution < 1.29 is 23.5 Å². The first kappa shape index (κ1) is 19.2. The van der Waals surface area contributed by atoms with Gasteiger partial charge in [0.05, 0.1) is 12.9 Å². The summed E-state index contributed by atoms with van der Waals surface area (Å²) in [4.78, 5) is 35.6. The van der Waals surface area contributed by atoms with Crippen LogP contribution in [0.2, 0.25) is 0 Å². The third-order valence-electron chi connectivity index (χ3n) is 3.64. The van der Waals surface area contributed by atoms with Gasteiger partial charge in [-0.05, 0) is 50.1 Å². The van der Waals surface area contributed by atoms with Gasteiger partial charge in [0.25, 0.3) is 11.8 Å². The molecule has 2 N–H and O–H groups in total. The zero-order valence-corrected chi connectivity index (χ0v) is 14.8. The minimum Gasteiger partial charge on any atom is -0.466 e. The van der Waals surface area contributed by atoms with E-state index in [1.54, 1.807) is 37.3 Å². The number of aryl methyl sites for hydroxylation is 1. The molecule has 2 amide bonds. The van der Waals surface area contributed by atoms with E-state index in [0.717, 1.165) is 5.56 Å². The molecule has 0 aliphatic heterocycles. The summed E-state index contributed by atoms with van der Waals surface area (Å²) in [7, 11) is 0. The van der Waals surface area contributed by atoms with Crippen LogP contribution in [0.5, 0.6) is 0 Å². The molecule has 0 aliphatic rings. The second-order valence-corrected chi connectivity index (χ2v) is 5.63. The van der Waals surface area contributed by atoms with Crippen molar-refractivity contribution in [1.29, 1.82) is 0 Å². The zero-order valence-electron chi connectivity index (χ0n) is 14.8. The molecule has 2 rings (SSSR count). The third-order valence-corrected chi connectivity index (χ3v) is 3.64. The van der Waals surface area contributed by atoms with E-state index in [-0.39, 0.29) is 30.0 Å². The van der Waals surface area contributed by atoms with Gasteiger partial charge < -0.3 is 19.8 Å². The number of carbonyl (C=O) groups is 3. The molecule has 2 aromatic rings. The maximum absolute atomic E-state index is 12.2. The van der Waals surface area contributed by atoms with Gasteiger partial charge in [-0.25, -0.2) is 0 Å². The van der Waals surface area contributed by atoms with Crippen LogP contribution in [0.25, 0.3) is 0 Å². The number of hydrogen-bond donors (Lipinski definition) is 2. The van der Waals surface area contributed by atoms with Gasteiger partial charge >= 0.3 is 5.97 Å². The quantitative estimate of drug-likeness (QED) is 0.558. The Morgan fingerprint density at radius 2 is 1.96 bits per heavy atom. The smallest absolute Gasteiger partial charge is 0.305 e. The number of ether oxygens (including phenoxy) is 1. The Kier molecular flexibility index (Phi) is 6.96. The van der Waals surface area contributed by atoms with Crippen molar-refractivity contribution >= 4 is 23.5 Å². The van der Waals surface area contributed by atoms with Gasteiger partial charge in [0.15, 0.2) is 5.76 Å². The first-order chi connectivity index (χ1) is 12.5. The standard InChI is InChI=1S/C19H22N2O5/c1-3-25-17(22)7-4-10-20-18(23)14-9-8-13(2)15(12-14)21-19(24)16-6-5-11-26-16/h5-6,8-9,11-12H,3-4,7,10H2,1-2H3,(H,20,23)(H,21,24). The average Bonchev–Trinajstić information content (AvgIpc) is 3.15. The summed E-state index contributed by atoms with van der Waals surface area (Å²) < 4.78 is 9.89. The summed E-state index contributed by atoms with van der Waals surface area (Å²) >= 11 is 0. The number of benzene rings is 1. The fourth-order valence-corrected chi connectivity index (χ4v) is 2.26. The number of hydrogen-bond acceptors (Lipinski definition) is 5. The normalized spacial score (nSPS) is 10.2. The van der Waals surface area contributed by atoms with Crippen molar-refractivity contribution in [2.24, 2.45) is 0 Å². The molecular weight excluding hydrogens is 336 g/mol. The zero-order chi connectivity index (χ0) is 18.9. The molecule has 0 atom stereocenters. The minimum atomic E-state index is -0.384. The van der Waals surface area contributed by atoms with Crippen LogP contribution in [0, 0.1) is 6.92 Å². The van der Waals surface area contributed by atoms with Crippen molar-refractivity contribution in [3.63, 3.8) is 0 Å². The van der Waals surface area contributed by atoms with Crippen LogP contribution in [0.3, 0.4) is 0 Å². The molecule has 0 radical (unpaired) electrons. The van der Waals surface area contributed by atoms with Crippen LogP contribution >= 0.6 is 0 Å². The van der Waals surface area contributed by atoms with E-state index in [2.05, 4.69) is 10.6 Å². The van der Waals surface area contributed by atoms with E-state index < -0.39 is 0 Å². The second-order valence-electron chi connectivity index (χ2n) is 5.63. The molecule has 26 heavy (non-hydrogen) atoms. The van der Waals surface area contributed by atoms with E-state index in [4.69, 9.17) is 9.15 Å². The maximum Gasteiger partial charge on any atom is 0.305 e. The van der Waals surface area contributed by atoms with Crippen LogP contribution in [-0.2, 0) is 9.53 Å². The van der Waals surface area contributed by atoms with E-state index in [1.165, 1.54) is 6.26 Å². The lowest BCUT2D eigenvalue weighted by atomic mass is 10.1. The Bertz CT molecular complexity index is 768. The Labute approximate surface area is 151 Å². The van der Waals surface area contributed by atoms with E-state index in [9.17, 15) is 14.4 Å². The molecule has 0 bridgehead atoms. The number of carbonyl (C=O) groups excluding carboxylic acids is 3. The SMILES string of the molecule is CCOC(=O)CCCNC(=O)c1ccc(C)c(NC(=O)c2ccco2)c1. The first-order valence-electron chi connectivity index (χ1n) is 8.40. The second kappa shape index (κ2) is 9.41. The number of amides is 2. The molecule has 0 unspecified atom stereocenters. The molecule has 7 nitrogen and oxygen atoms in total. The summed E-state index contributed by atoms with van der Waals surface area (Å²) in [6, 6.07) is 8.23. The Morgan fingerprint density at radius 1 is 1.15 bits per heavy atom. The van der Waals surface area contributed by atoms with Crippen LogP contribution < -0.4 is 10.6 Å². The van der Waals surface area contributed by atoms with Crippen LogP contribution in [0.15, 0.2) is 41.0 Å². The minimum absolute atomic E-state index is 0.193. The van der Waals surface area contributed by atoms with Gasteiger partial charge in [-0.15, -0.1) is 0 Å². The molecule has 0 saturated carbocycles. The highest BCUT2D eigenvalue weighted by atomic mass is 16.5. The molecule has 0 spiro atoms. The third kappa shape index (κ3) is 5.47. The van der Waals surface area contributed by atoms with E-state index >= 15 is 0 Å². The predicted molar refractivity (Wildman–Crippen MR) is 96.0 cm³/mol. The molecular formula is C19H22N2O5. The predicted octanol–water partition coefficient (Wildman–Crippen LogP) is 2.91. The van der Waals surface area contributed by atoms with Crippen LogP contribution in [-0.4, -0.2) is 30.9 Å². The first-order valence-corrected chi connectivity index (χ1v) is 8.40. The average molecular weight is 358 g/mol. The van der Waals surface area contributed by atoms with Crippen LogP contribution in [0.1, 0.15) is 46.2 Å². The van der Waals surface area contributed by atoms with Crippen molar-refractivity contribution in [2.75, 3.05) is 18.5 Å². The van der Waals surface area contributed by atoms with E-state index in [0.29, 0.717) is 30.8 Å². The fourth-order valence-electron chi connectivity index (χ4n) is 2.26. The highest BCUT2D eigenvalue weighted by Gasteiger charge is 2.13. The van der Waals surface area contributed by atoms with Crippen molar-refractivity contribution in [1.82, 2.24) is 5.32 Å². The summed E-state index contributed by atoms with van der Waals surface area (Å²) in [5, 5.41) is 5.48. The number of nitrogens with one attached hydrogen (secondary N) is 2. The van der Waals surface area contributed by atoms with Gasteiger partial charge in [-0.3, -0.25) is 14.4 Å². The summed E-state index contributed by atoms with van der Waals surface area (Å²) in [6.07, 6.45) is 2.17. The molecule has 1 aromatic carbocycles. The van der Waals surface area contributed by atoms with Crippen molar-refractivity contribution in [3.05, 3.63) is 53.5 Å². The molecule has 1 aromatic heterocycles. The van der Waals surface area contributed by atoms with Gasteiger partial charge in [0.1, 0.15) is 0 Å². The van der Waals surface area contributed by atoms with Gasteiger partial charge in [0, 0.05) is 24.2 Å². The lowest BCUT2D eigenvalue weighted by Gasteiger charge is -2.10. The highest BCUT2D eigenvalue weighted by molar-refractivity contribution is 6.03. The molecule has 0 aliphatic carbocycles. The molecule has 138 valence electrons.